The van der Waals surface area contributed by atoms with Crippen molar-refractivity contribution < 1.29 is 18.6 Å². The molecule has 1 saturated heterocycles. The Hall–Kier alpha value is -3.10. The maximum Gasteiger partial charge on any atom is 0.274 e. The molecule has 13 heteroatoms. The van der Waals surface area contributed by atoms with Crippen LogP contribution in [-0.4, -0.2) is 82.1 Å². The summed E-state index contributed by atoms with van der Waals surface area (Å²) in [4.78, 5) is 18.1. The van der Waals surface area contributed by atoms with E-state index in [1.807, 2.05) is 6.92 Å². The number of benzene rings is 1. The Bertz CT molecular complexity index is 1320. The number of nitrogens with zero attached hydrogens (tertiary/aromatic N) is 4. The van der Waals surface area contributed by atoms with Crippen molar-refractivity contribution in [1.82, 2.24) is 14.6 Å². The molecule has 1 fully saturated rings. The lowest BCUT2D eigenvalue weighted by Crippen LogP contribution is -2.65. The van der Waals surface area contributed by atoms with Gasteiger partial charge in [-0.1, -0.05) is 0 Å². The number of hydrogen-bond donors (Lipinski definition) is 0. The minimum atomic E-state index is -1.98. The maximum atomic E-state index is 15.2. The number of ether oxygens (including phenoxy) is 3. The zero-order valence-corrected chi connectivity index (χ0v) is 18.3. The second kappa shape index (κ2) is 7.99. The molecule has 8 radical (unpaired) electrons. The molecule has 1 aromatic carbocycles. The van der Waals surface area contributed by atoms with Crippen molar-refractivity contribution in [3.8, 4) is 17.2 Å². The summed E-state index contributed by atoms with van der Waals surface area (Å²) >= 11 is 0. The highest BCUT2D eigenvalue weighted by atomic mass is 19.1. The Labute approximate surface area is 200 Å². The van der Waals surface area contributed by atoms with Crippen molar-refractivity contribution in [2.24, 2.45) is 0 Å². The van der Waals surface area contributed by atoms with Gasteiger partial charge in [0.1, 0.15) is 43.2 Å². The van der Waals surface area contributed by atoms with Crippen LogP contribution in [0.3, 0.4) is 0 Å². The molecular formula is C21H17B4FN4O4. The first kappa shape index (κ1) is 22.7. The Morgan fingerprint density at radius 2 is 1.85 bits per heavy atom. The summed E-state index contributed by atoms with van der Waals surface area (Å²) in [6.07, 6.45) is -0.232. The molecule has 4 heterocycles. The molecule has 2 aliphatic rings. The van der Waals surface area contributed by atoms with E-state index < -0.39 is 23.1 Å². The van der Waals surface area contributed by atoms with Gasteiger partial charge in [-0.15, -0.1) is 5.10 Å². The van der Waals surface area contributed by atoms with Gasteiger partial charge in [-0.25, -0.2) is 9.37 Å². The highest BCUT2D eigenvalue weighted by Gasteiger charge is 2.43. The van der Waals surface area contributed by atoms with Crippen LogP contribution in [0.4, 0.5) is 10.2 Å². The van der Waals surface area contributed by atoms with Gasteiger partial charge in [-0.3, -0.25) is 4.79 Å². The van der Waals surface area contributed by atoms with E-state index in [0.29, 0.717) is 30.2 Å². The SMILES string of the molecule is [B]C1([B])Oc2ccc(O[C@@H]3CCN(c4nn5c(=O)ccnc5cc4C)C[C@H]3F)cc2OC1([B])[B]. The van der Waals surface area contributed by atoms with Crippen molar-refractivity contribution in [3.63, 3.8) is 0 Å². The summed E-state index contributed by atoms with van der Waals surface area (Å²) in [6.45, 7) is 2.36. The molecule has 0 N–H and O–H groups in total. The van der Waals surface area contributed by atoms with E-state index in [1.54, 1.807) is 17.0 Å². The Kier molecular flexibility index (Phi) is 5.33. The lowest BCUT2D eigenvalue weighted by Gasteiger charge is -2.48. The van der Waals surface area contributed by atoms with E-state index in [-0.39, 0.29) is 23.6 Å². The van der Waals surface area contributed by atoms with E-state index in [9.17, 15) is 4.79 Å². The molecule has 0 saturated carbocycles. The van der Waals surface area contributed by atoms with Crippen LogP contribution in [-0.2, 0) is 0 Å². The van der Waals surface area contributed by atoms with Gasteiger partial charge in [-0.2, -0.15) is 4.52 Å². The molecule has 0 bridgehead atoms. The van der Waals surface area contributed by atoms with E-state index in [0.717, 1.165) is 5.56 Å². The number of fused-ring (bicyclic) bond motifs is 2. The second-order valence-electron chi connectivity index (χ2n) is 8.51. The Morgan fingerprint density at radius 1 is 1.12 bits per heavy atom. The number of aryl methyl sites for hydroxylation is 1. The van der Waals surface area contributed by atoms with Gasteiger partial charge in [0.2, 0.25) is 0 Å². The molecule has 2 aromatic heterocycles. The normalized spacial score (nSPS) is 22.9. The van der Waals surface area contributed by atoms with E-state index >= 15 is 4.39 Å². The first-order chi connectivity index (χ1) is 16.0. The van der Waals surface area contributed by atoms with Gasteiger partial charge >= 0.3 is 0 Å². The predicted octanol–water partition coefficient (Wildman–Crippen LogP) is 0.147. The third kappa shape index (κ3) is 3.90. The first-order valence-electron chi connectivity index (χ1n) is 10.6. The van der Waals surface area contributed by atoms with Crippen LogP contribution in [0.25, 0.3) is 5.65 Å². The van der Waals surface area contributed by atoms with E-state index in [4.69, 9.17) is 45.6 Å². The quantitative estimate of drug-likeness (QED) is 0.525. The Morgan fingerprint density at radius 3 is 2.59 bits per heavy atom. The summed E-state index contributed by atoms with van der Waals surface area (Å²) < 4.78 is 33.2. The summed E-state index contributed by atoms with van der Waals surface area (Å²) in [5, 5.41) is 0.488. The number of rotatable bonds is 3. The van der Waals surface area contributed by atoms with Crippen LogP contribution in [0.1, 0.15) is 12.0 Å². The van der Waals surface area contributed by atoms with Crippen LogP contribution in [0, 0.1) is 6.92 Å². The van der Waals surface area contributed by atoms with Crippen LogP contribution in [0.15, 0.2) is 41.3 Å². The fourth-order valence-electron chi connectivity index (χ4n) is 3.99. The monoisotopic (exact) mass is 452 g/mol. The van der Waals surface area contributed by atoms with Crippen molar-refractivity contribution in [2.45, 2.75) is 36.4 Å². The molecule has 0 unspecified atom stereocenters. The fourth-order valence-corrected chi connectivity index (χ4v) is 3.99. The smallest absolute Gasteiger partial charge is 0.274 e. The first-order valence-corrected chi connectivity index (χ1v) is 10.6. The Balaban J connectivity index is 1.31. The van der Waals surface area contributed by atoms with Crippen molar-refractivity contribution in [3.05, 3.63) is 52.4 Å². The van der Waals surface area contributed by atoms with E-state index in [1.165, 1.54) is 28.9 Å². The van der Waals surface area contributed by atoms with Crippen LogP contribution >= 0.6 is 0 Å². The summed E-state index contributed by atoms with van der Waals surface area (Å²) in [7, 11) is 23.1. The average Bonchev–Trinajstić information content (AvgIpc) is 2.75. The molecule has 164 valence electrons. The summed E-state index contributed by atoms with van der Waals surface area (Å²) in [5.74, 6) is 1.28. The van der Waals surface area contributed by atoms with Crippen molar-refractivity contribution >= 4 is 42.9 Å². The molecule has 2 atom stereocenters. The third-order valence-corrected chi connectivity index (χ3v) is 5.90. The molecule has 0 aliphatic carbocycles. The van der Waals surface area contributed by atoms with Crippen LogP contribution < -0.4 is 24.7 Å². The molecular weight excluding hydrogens is 435 g/mol. The summed E-state index contributed by atoms with van der Waals surface area (Å²) in [6, 6.07) is 7.69. The lowest BCUT2D eigenvalue weighted by atomic mass is 9.41. The van der Waals surface area contributed by atoms with E-state index in [2.05, 4.69) is 10.1 Å². The predicted molar refractivity (Wildman–Crippen MR) is 126 cm³/mol. The van der Waals surface area contributed by atoms with Gasteiger partial charge in [0.05, 0.1) is 6.54 Å². The van der Waals surface area contributed by atoms with Gasteiger partial charge < -0.3 is 19.1 Å². The van der Waals surface area contributed by atoms with Crippen molar-refractivity contribution in [1.29, 1.82) is 0 Å². The largest absolute Gasteiger partial charge is 0.501 e. The third-order valence-electron chi connectivity index (χ3n) is 5.90. The molecule has 34 heavy (non-hydrogen) atoms. The summed E-state index contributed by atoms with van der Waals surface area (Å²) in [5.41, 5.74) is 0.919. The van der Waals surface area contributed by atoms with Gasteiger partial charge in [-0.05, 0) is 30.7 Å². The highest BCUT2D eigenvalue weighted by molar-refractivity contribution is 6.53. The minimum absolute atomic E-state index is 0.0428. The van der Waals surface area contributed by atoms with Gasteiger partial charge in [0.25, 0.3) is 5.56 Å². The van der Waals surface area contributed by atoms with Gasteiger partial charge in [0, 0.05) is 42.1 Å². The molecule has 8 nitrogen and oxygen atoms in total. The standard InChI is InChI=1S/C21H17B4FN4O4/c1-11-8-17-27-6-4-18(31)30(17)28-19(11)29-7-5-14(13(26)10-29)32-12-2-3-15-16(9-12)34-21(24,25)20(22,23)33-15/h2-4,6,8-9,13-14H,5,7,10H2,1H3/t13-,14-/m1/s1. The molecule has 5 rings (SSSR count). The van der Waals surface area contributed by atoms with Crippen LogP contribution in [0.2, 0.25) is 0 Å². The maximum absolute atomic E-state index is 15.2. The number of aromatic nitrogens is 3. The number of halogens is 1. The topological polar surface area (TPSA) is 78.2 Å². The number of hydrogen-bond acceptors (Lipinski definition) is 7. The zero-order chi connectivity index (χ0) is 24.3. The second-order valence-corrected chi connectivity index (χ2v) is 8.51. The lowest BCUT2D eigenvalue weighted by molar-refractivity contribution is 0.0587. The fraction of sp³-hybridized carbons (Fsp3) is 0.381. The highest BCUT2D eigenvalue weighted by Crippen LogP contribution is 2.41. The minimum Gasteiger partial charge on any atom is -0.501 e. The van der Waals surface area contributed by atoms with Gasteiger partial charge in [0.15, 0.2) is 29.1 Å². The molecule has 0 spiro atoms. The molecule has 0 amide bonds. The van der Waals surface area contributed by atoms with Crippen LogP contribution in [0.5, 0.6) is 17.2 Å². The molecule has 2 aliphatic heterocycles. The average molecular weight is 452 g/mol. The zero-order valence-electron chi connectivity index (χ0n) is 18.3. The number of alkyl halides is 1. The molecule has 3 aromatic rings. The van der Waals surface area contributed by atoms with Crippen molar-refractivity contribution in [2.75, 3.05) is 18.0 Å². The number of piperidine rings is 1. The number of anilines is 1.